The summed E-state index contributed by atoms with van der Waals surface area (Å²) in [5.74, 6) is 1.32. The van der Waals surface area contributed by atoms with Crippen molar-refractivity contribution in [3.05, 3.63) is 41.7 Å². The van der Waals surface area contributed by atoms with Crippen LogP contribution in [0.5, 0.6) is 5.88 Å². The Hall–Kier alpha value is -2.30. The molecule has 5 heteroatoms. The molecule has 1 atom stereocenters. The maximum absolute atomic E-state index is 5.84. The van der Waals surface area contributed by atoms with Crippen molar-refractivity contribution in [3.8, 4) is 5.88 Å². The molecule has 1 aliphatic rings. The van der Waals surface area contributed by atoms with Crippen molar-refractivity contribution in [1.29, 1.82) is 0 Å². The van der Waals surface area contributed by atoms with Gasteiger partial charge >= 0.3 is 0 Å². The van der Waals surface area contributed by atoms with Crippen LogP contribution in [0.15, 0.2) is 30.6 Å². The first-order valence-electron chi connectivity index (χ1n) is 7.36. The van der Waals surface area contributed by atoms with E-state index in [1.807, 2.05) is 6.07 Å². The van der Waals surface area contributed by atoms with E-state index in [2.05, 4.69) is 34.3 Å². The highest BCUT2D eigenvalue weighted by Gasteiger charge is 2.22. The summed E-state index contributed by atoms with van der Waals surface area (Å²) in [6, 6.07) is 6.37. The second-order valence-electron chi connectivity index (χ2n) is 5.28. The molecule has 1 aromatic heterocycles. The van der Waals surface area contributed by atoms with Crippen LogP contribution in [0.25, 0.3) is 0 Å². The molecule has 1 aliphatic carbocycles. The van der Waals surface area contributed by atoms with Crippen molar-refractivity contribution in [2.24, 2.45) is 0 Å². The first-order valence-corrected chi connectivity index (χ1v) is 7.36. The predicted molar refractivity (Wildman–Crippen MR) is 83.4 cm³/mol. The van der Waals surface area contributed by atoms with Gasteiger partial charge in [0.1, 0.15) is 5.82 Å². The quantitative estimate of drug-likeness (QED) is 0.826. The second kappa shape index (κ2) is 5.99. The highest BCUT2D eigenvalue weighted by Crippen LogP contribution is 2.34. The summed E-state index contributed by atoms with van der Waals surface area (Å²) in [5.41, 5.74) is 9.27. The number of nitrogens with two attached hydrogens (primary N) is 1. The minimum atomic E-state index is 0.260. The molecule has 21 heavy (non-hydrogen) atoms. The SMILES string of the molecule is CCCOc1cncc(NC2CCc3cc(N)ccc32)n1. The molecular formula is C16H20N4O. The van der Waals surface area contributed by atoms with Crippen LogP contribution in [0.3, 0.4) is 0 Å². The summed E-state index contributed by atoms with van der Waals surface area (Å²) >= 11 is 0. The zero-order valence-electron chi connectivity index (χ0n) is 12.2. The van der Waals surface area contributed by atoms with E-state index in [0.29, 0.717) is 12.5 Å². The van der Waals surface area contributed by atoms with Gasteiger partial charge in [-0.3, -0.25) is 4.98 Å². The van der Waals surface area contributed by atoms with Crippen molar-refractivity contribution in [3.63, 3.8) is 0 Å². The molecular weight excluding hydrogens is 264 g/mol. The fourth-order valence-corrected chi connectivity index (χ4v) is 2.66. The van der Waals surface area contributed by atoms with Crippen LogP contribution in [0, 0.1) is 0 Å². The van der Waals surface area contributed by atoms with Crippen molar-refractivity contribution < 1.29 is 4.74 Å². The van der Waals surface area contributed by atoms with Crippen LogP contribution in [0.1, 0.15) is 36.9 Å². The highest BCUT2D eigenvalue weighted by atomic mass is 16.5. The molecule has 0 spiro atoms. The number of nitrogens with one attached hydrogen (secondary N) is 1. The van der Waals surface area contributed by atoms with Gasteiger partial charge in [0.2, 0.25) is 5.88 Å². The Morgan fingerprint density at radius 2 is 2.29 bits per heavy atom. The molecule has 3 N–H and O–H groups in total. The number of nitrogens with zero attached hydrogens (tertiary/aromatic N) is 2. The molecule has 0 radical (unpaired) electrons. The Kier molecular flexibility index (Phi) is 3.90. The van der Waals surface area contributed by atoms with E-state index < -0.39 is 0 Å². The minimum Gasteiger partial charge on any atom is -0.477 e. The topological polar surface area (TPSA) is 73.1 Å². The van der Waals surface area contributed by atoms with Crippen molar-refractivity contribution in [1.82, 2.24) is 9.97 Å². The Morgan fingerprint density at radius 3 is 3.14 bits per heavy atom. The number of benzene rings is 1. The van der Waals surface area contributed by atoms with E-state index in [-0.39, 0.29) is 6.04 Å². The number of ether oxygens (including phenoxy) is 1. The lowest BCUT2D eigenvalue weighted by molar-refractivity contribution is 0.304. The van der Waals surface area contributed by atoms with Gasteiger partial charge in [-0.05, 0) is 42.5 Å². The van der Waals surface area contributed by atoms with E-state index in [1.165, 1.54) is 11.1 Å². The number of hydrogen-bond donors (Lipinski definition) is 2. The summed E-state index contributed by atoms with van der Waals surface area (Å²) in [7, 11) is 0. The second-order valence-corrected chi connectivity index (χ2v) is 5.28. The first kappa shape index (κ1) is 13.7. The number of nitrogen functional groups attached to an aromatic ring is 1. The van der Waals surface area contributed by atoms with Crippen molar-refractivity contribution in [2.45, 2.75) is 32.2 Å². The third-order valence-electron chi connectivity index (χ3n) is 3.63. The maximum Gasteiger partial charge on any atom is 0.234 e. The van der Waals surface area contributed by atoms with Crippen LogP contribution >= 0.6 is 0 Å². The number of aryl methyl sites for hydroxylation is 1. The van der Waals surface area contributed by atoms with Gasteiger partial charge < -0.3 is 15.8 Å². The summed E-state index contributed by atoms with van der Waals surface area (Å²) in [6.45, 7) is 2.72. The summed E-state index contributed by atoms with van der Waals surface area (Å²) in [5, 5.41) is 3.44. The molecule has 0 saturated carbocycles. The summed E-state index contributed by atoms with van der Waals surface area (Å²) in [4.78, 5) is 8.62. The van der Waals surface area contributed by atoms with Crippen LogP contribution in [-0.2, 0) is 6.42 Å². The summed E-state index contributed by atoms with van der Waals surface area (Å²) < 4.78 is 5.52. The van der Waals surface area contributed by atoms with Crippen molar-refractivity contribution >= 4 is 11.5 Å². The number of aromatic nitrogens is 2. The van der Waals surface area contributed by atoms with Crippen LogP contribution in [-0.4, -0.2) is 16.6 Å². The van der Waals surface area contributed by atoms with Gasteiger partial charge in [0.15, 0.2) is 0 Å². The monoisotopic (exact) mass is 284 g/mol. The molecule has 2 aromatic rings. The molecule has 0 fully saturated rings. The Balaban J connectivity index is 1.73. The normalized spacial score (nSPS) is 16.5. The molecule has 0 bridgehead atoms. The van der Waals surface area contributed by atoms with Crippen molar-refractivity contribution in [2.75, 3.05) is 17.7 Å². The molecule has 0 amide bonds. The number of fused-ring (bicyclic) bond motifs is 1. The molecule has 1 heterocycles. The van der Waals surface area contributed by atoms with E-state index in [1.54, 1.807) is 12.4 Å². The van der Waals surface area contributed by atoms with Crippen LogP contribution in [0.2, 0.25) is 0 Å². The van der Waals surface area contributed by atoms with Crippen LogP contribution < -0.4 is 15.8 Å². The highest BCUT2D eigenvalue weighted by molar-refractivity contribution is 5.50. The third-order valence-corrected chi connectivity index (χ3v) is 3.63. The van der Waals surface area contributed by atoms with E-state index >= 15 is 0 Å². The smallest absolute Gasteiger partial charge is 0.234 e. The standard InChI is InChI=1S/C16H20N4O/c1-2-7-21-16-10-18-9-15(20-16)19-14-6-3-11-8-12(17)4-5-13(11)14/h4-5,8-10,14H,2-3,6-7,17H2,1H3,(H,19,20). The minimum absolute atomic E-state index is 0.260. The number of rotatable bonds is 5. The summed E-state index contributed by atoms with van der Waals surface area (Å²) in [6.07, 6.45) is 6.41. The maximum atomic E-state index is 5.84. The van der Waals surface area contributed by atoms with Gasteiger partial charge in [-0.2, -0.15) is 4.98 Å². The number of hydrogen-bond acceptors (Lipinski definition) is 5. The van der Waals surface area contributed by atoms with Crippen LogP contribution in [0.4, 0.5) is 11.5 Å². The molecule has 5 nitrogen and oxygen atoms in total. The van der Waals surface area contributed by atoms with E-state index in [9.17, 15) is 0 Å². The Bertz CT molecular complexity index is 629. The molecule has 1 unspecified atom stereocenters. The molecule has 1 aromatic carbocycles. The van der Waals surface area contributed by atoms with Gasteiger partial charge in [-0.15, -0.1) is 0 Å². The largest absolute Gasteiger partial charge is 0.477 e. The average Bonchev–Trinajstić information content (AvgIpc) is 2.87. The van der Waals surface area contributed by atoms with E-state index in [4.69, 9.17) is 10.5 Å². The molecule has 0 saturated heterocycles. The fourth-order valence-electron chi connectivity index (χ4n) is 2.66. The predicted octanol–water partition coefficient (Wildman–Crippen LogP) is 2.95. The lowest BCUT2D eigenvalue weighted by Gasteiger charge is -2.15. The zero-order chi connectivity index (χ0) is 14.7. The average molecular weight is 284 g/mol. The molecule has 0 aliphatic heterocycles. The van der Waals surface area contributed by atoms with Gasteiger partial charge in [0, 0.05) is 5.69 Å². The lowest BCUT2D eigenvalue weighted by Crippen LogP contribution is -2.09. The Labute approximate surface area is 124 Å². The van der Waals surface area contributed by atoms with Gasteiger partial charge in [-0.1, -0.05) is 13.0 Å². The molecule has 3 rings (SSSR count). The third kappa shape index (κ3) is 3.07. The van der Waals surface area contributed by atoms with Gasteiger partial charge in [0.05, 0.1) is 25.0 Å². The lowest BCUT2D eigenvalue weighted by atomic mass is 10.1. The molecule has 110 valence electrons. The Morgan fingerprint density at radius 1 is 1.38 bits per heavy atom. The first-order chi connectivity index (χ1) is 10.3. The van der Waals surface area contributed by atoms with Gasteiger partial charge in [0.25, 0.3) is 0 Å². The van der Waals surface area contributed by atoms with E-state index in [0.717, 1.165) is 30.8 Å². The zero-order valence-corrected chi connectivity index (χ0v) is 12.2. The fraction of sp³-hybridized carbons (Fsp3) is 0.375. The van der Waals surface area contributed by atoms with Gasteiger partial charge in [-0.25, -0.2) is 0 Å². The number of anilines is 2.